The van der Waals surface area contributed by atoms with E-state index in [4.69, 9.17) is 4.74 Å². The zero-order valence-corrected chi connectivity index (χ0v) is 18.4. The molecule has 0 bridgehead atoms. The first kappa shape index (κ1) is 22.7. The van der Waals surface area contributed by atoms with Gasteiger partial charge in [0.15, 0.2) is 4.34 Å². The lowest BCUT2D eigenvalue weighted by Gasteiger charge is -2.07. The smallest absolute Gasteiger partial charge is 0.286 e. The highest BCUT2D eigenvalue weighted by Crippen LogP contribution is 2.23. The van der Waals surface area contributed by atoms with Gasteiger partial charge in [-0.25, -0.2) is 4.39 Å². The first-order chi connectivity index (χ1) is 15.0. The van der Waals surface area contributed by atoms with Crippen LogP contribution in [0.25, 0.3) is 0 Å². The summed E-state index contributed by atoms with van der Waals surface area (Å²) in [6.45, 7) is 3.14. The largest absolute Gasteiger partial charge is 0.494 e. The number of halogens is 1. The van der Waals surface area contributed by atoms with Gasteiger partial charge in [-0.05, 0) is 48.4 Å². The number of benzene rings is 2. The van der Waals surface area contributed by atoms with Gasteiger partial charge in [-0.15, -0.1) is 10.2 Å². The lowest BCUT2D eigenvalue weighted by molar-refractivity contribution is -0.118. The monoisotopic (exact) mass is 460 g/mol. The third-order valence-electron chi connectivity index (χ3n) is 3.92. The zero-order chi connectivity index (χ0) is 22.1. The van der Waals surface area contributed by atoms with E-state index >= 15 is 0 Å². The Kier molecular flexibility index (Phi) is 8.36. The van der Waals surface area contributed by atoms with E-state index in [1.54, 1.807) is 0 Å². The van der Waals surface area contributed by atoms with Crippen LogP contribution in [0.15, 0.2) is 52.9 Å². The minimum Gasteiger partial charge on any atom is -0.494 e. The van der Waals surface area contributed by atoms with E-state index in [1.807, 2.05) is 31.2 Å². The fraction of sp³-hybridized carbons (Fsp3) is 0.238. The van der Waals surface area contributed by atoms with Crippen LogP contribution in [0.4, 0.5) is 10.1 Å². The molecule has 0 aliphatic heterocycles. The summed E-state index contributed by atoms with van der Waals surface area (Å²) in [6.07, 6.45) is 0.949. The van der Waals surface area contributed by atoms with Crippen LogP contribution >= 0.6 is 23.1 Å². The second-order valence-electron chi connectivity index (χ2n) is 6.39. The summed E-state index contributed by atoms with van der Waals surface area (Å²) in [5, 5.41) is 13.4. The van der Waals surface area contributed by atoms with Crippen molar-refractivity contribution in [3.63, 3.8) is 0 Å². The second kappa shape index (κ2) is 11.4. The quantitative estimate of drug-likeness (QED) is 0.442. The number of hydrogen-bond acceptors (Lipinski definition) is 7. The number of nitrogens with zero attached hydrogens (tertiary/aromatic N) is 2. The molecule has 3 rings (SSSR count). The topological polar surface area (TPSA) is 93.2 Å². The molecular weight excluding hydrogens is 439 g/mol. The number of thioether (sulfide) groups is 1. The van der Waals surface area contributed by atoms with Gasteiger partial charge in [0.05, 0.1) is 12.4 Å². The van der Waals surface area contributed by atoms with Gasteiger partial charge in [0, 0.05) is 12.2 Å². The number of hydrogen-bond donors (Lipinski definition) is 2. The van der Waals surface area contributed by atoms with E-state index < -0.39 is 5.91 Å². The van der Waals surface area contributed by atoms with E-state index in [0.717, 1.165) is 29.1 Å². The number of nitrogens with one attached hydrogen (secondary N) is 2. The number of ether oxygens (including phenoxy) is 1. The molecule has 2 N–H and O–H groups in total. The van der Waals surface area contributed by atoms with Crippen LogP contribution in [0.5, 0.6) is 5.75 Å². The molecule has 1 heterocycles. The molecule has 3 aromatic rings. The normalized spacial score (nSPS) is 10.5. The number of carbonyl (C=O) groups is 2. The maximum absolute atomic E-state index is 12.9. The van der Waals surface area contributed by atoms with Gasteiger partial charge in [0.1, 0.15) is 11.6 Å². The molecule has 0 atom stereocenters. The molecule has 31 heavy (non-hydrogen) atoms. The molecule has 162 valence electrons. The van der Waals surface area contributed by atoms with Crippen molar-refractivity contribution in [1.29, 1.82) is 0 Å². The highest BCUT2D eigenvalue weighted by atomic mass is 32.2. The second-order valence-corrected chi connectivity index (χ2v) is 8.59. The van der Waals surface area contributed by atoms with Crippen LogP contribution in [0.1, 0.15) is 28.7 Å². The predicted molar refractivity (Wildman–Crippen MR) is 119 cm³/mol. The Morgan fingerprint density at radius 3 is 2.55 bits per heavy atom. The third-order valence-corrected chi connectivity index (χ3v) is 5.97. The number of rotatable bonds is 10. The first-order valence-corrected chi connectivity index (χ1v) is 11.4. The molecular formula is C21H21FN4O3S2. The van der Waals surface area contributed by atoms with Crippen LogP contribution in [-0.4, -0.2) is 34.4 Å². The third kappa shape index (κ3) is 7.34. The molecule has 0 spiro atoms. The highest BCUT2D eigenvalue weighted by Gasteiger charge is 2.14. The standard InChI is InChI=1S/C21H21FN4O3S2/c1-2-11-29-17-9-3-14(4-10-17)12-23-18(27)13-30-21-26-25-20(31-21)19(28)24-16-7-5-15(22)6-8-16/h3-10H,2,11-13H2,1H3,(H,23,27)(H,24,28). The molecule has 0 aliphatic carbocycles. The molecule has 0 fully saturated rings. The minimum atomic E-state index is -0.438. The number of aromatic nitrogens is 2. The van der Waals surface area contributed by atoms with Crippen molar-refractivity contribution in [2.45, 2.75) is 24.2 Å². The maximum atomic E-state index is 12.9. The summed E-state index contributed by atoms with van der Waals surface area (Å²) in [7, 11) is 0. The Balaban J connectivity index is 1.41. The molecule has 7 nitrogen and oxygen atoms in total. The molecule has 0 radical (unpaired) electrons. The van der Waals surface area contributed by atoms with Crippen LogP contribution in [0.3, 0.4) is 0 Å². The van der Waals surface area contributed by atoms with E-state index in [9.17, 15) is 14.0 Å². The first-order valence-electron chi connectivity index (χ1n) is 9.55. The van der Waals surface area contributed by atoms with Crippen molar-refractivity contribution in [3.8, 4) is 5.75 Å². The fourth-order valence-corrected chi connectivity index (χ4v) is 3.96. The van der Waals surface area contributed by atoms with Crippen molar-refractivity contribution >= 4 is 40.6 Å². The maximum Gasteiger partial charge on any atom is 0.286 e. The van der Waals surface area contributed by atoms with Crippen molar-refractivity contribution < 1.29 is 18.7 Å². The predicted octanol–water partition coefficient (Wildman–Crippen LogP) is 4.13. The van der Waals surface area contributed by atoms with Crippen molar-refractivity contribution in [2.75, 3.05) is 17.7 Å². The van der Waals surface area contributed by atoms with Gasteiger partial charge in [-0.3, -0.25) is 9.59 Å². The summed E-state index contributed by atoms with van der Waals surface area (Å²) in [5.74, 6) is -0.00571. The summed E-state index contributed by atoms with van der Waals surface area (Å²) in [4.78, 5) is 24.3. The van der Waals surface area contributed by atoms with Gasteiger partial charge in [-0.2, -0.15) is 0 Å². The Morgan fingerprint density at radius 2 is 1.84 bits per heavy atom. The van der Waals surface area contributed by atoms with Crippen LogP contribution in [-0.2, 0) is 11.3 Å². The van der Waals surface area contributed by atoms with Crippen molar-refractivity contribution in [3.05, 3.63) is 64.9 Å². The summed E-state index contributed by atoms with van der Waals surface area (Å²) >= 11 is 2.29. The number of anilines is 1. The Hall–Kier alpha value is -2.98. The van der Waals surface area contributed by atoms with Crippen molar-refractivity contribution in [2.24, 2.45) is 0 Å². The summed E-state index contributed by atoms with van der Waals surface area (Å²) in [5.41, 5.74) is 1.43. The van der Waals surface area contributed by atoms with E-state index in [-0.39, 0.29) is 22.5 Å². The molecule has 2 amide bonds. The average Bonchev–Trinajstić information content (AvgIpc) is 3.26. The van der Waals surface area contributed by atoms with Gasteiger partial charge in [0.2, 0.25) is 10.9 Å². The van der Waals surface area contributed by atoms with Crippen LogP contribution in [0, 0.1) is 5.82 Å². The Labute approximate surface area is 187 Å². The Morgan fingerprint density at radius 1 is 1.10 bits per heavy atom. The minimum absolute atomic E-state index is 0.149. The zero-order valence-electron chi connectivity index (χ0n) is 16.8. The van der Waals surface area contributed by atoms with E-state index in [2.05, 4.69) is 20.8 Å². The molecule has 1 aromatic heterocycles. The summed E-state index contributed by atoms with van der Waals surface area (Å²) in [6, 6.07) is 13.0. The lowest BCUT2D eigenvalue weighted by atomic mass is 10.2. The highest BCUT2D eigenvalue weighted by molar-refractivity contribution is 8.01. The molecule has 0 unspecified atom stereocenters. The molecule has 0 saturated carbocycles. The van der Waals surface area contributed by atoms with Crippen molar-refractivity contribution in [1.82, 2.24) is 15.5 Å². The van der Waals surface area contributed by atoms with E-state index in [1.165, 1.54) is 36.0 Å². The van der Waals surface area contributed by atoms with Gasteiger partial charge in [0.25, 0.3) is 5.91 Å². The molecule has 2 aromatic carbocycles. The molecule has 0 saturated heterocycles. The summed E-state index contributed by atoms with van der Waals surface area (Å²) < 4.78 is 19.0. The van der Waals surface area contributed by atoms with Gasteiger partial charge in [-0.1, -0.05) is 42.2 Å². The van der Waals surface area contributed by atoms with E-state index in [0.29, 0.717) is 23.2 Å². The van der Waals surface area contributed by atoms with Crippen LogP contribution < -0.4 is 15.4 Å². The fourth-order valence-electron chi connectivity index (χ4n) is 2.38. The Bertz CT molecular complexity index is 1010. The van der Waals surface area contributed by atoms with Gasteiger partial charge >= 0.3 is 0 Å². The SMILES string of the molecule is CCCOc1ccc(CNC(=O)CSc2nnc(C(=O)Nc3ccc(F)cc3)s2)cc1. The lowest BCUT2D eigenvalue weighted by Crippen LogP contribution is -2.24. The number of amides is 2. The molecule has 0 aliphatic rings. The number of carbonyl (C=O) groups excluding carboxylic acids is 2. The average molecular weight is 461 g/mol. The molecule has 10 heteroatoms. The van der Waals surface area contributed by atoms with Crippen LogP contribution in [0.2, 0.25) is 0 Å². The van der Waals surface area contributed by atoms with Gasteiger partial charge < -0.3 is 15.4 Å².